The van der Waals surface area contributed by atoms with Gasteiger partial charge in [-0.3, -0.25) is 9.48 Å². The molecule has 0 fully saturated rings. The SMILES string of the molecule is Cc1nn(CC(=O)N[C@@H](C)c2nc(CC(C)C)no2)c(C)c1C. The zero-order chi connectivity index (χ0) is 17.1. The van der Waals surface area contributed by atoms with E-state index in [0.29, 0.717) is 17.6 Å². The van der Waals surface area contributed by atoms with Gasteiger partial charge in [-0.05, 0) is 39.2 Å². The van der Waals surface area contributed by atoms with Crippen LogP contribution in [-0.4, -0.2) is 25.8 Å². The van der Waals surface area contributed by atoms with Crippen molar-refractivity contribution in [3.8, 4) is 0 Å². The van der Waals surface area contributed by atoms with Gasteiger partial charge in [-0.15, -0.1) is 0 Å². The Morgan fingerprint density at radius 3 is 2.52 bits per heavy atom. The molecule has 1 N–H and O–H groups in total. The van der Waals surface area contributed by atoms with Crippen LogP contribution in [0.25, 0.3) is 0 Å². The molecule has 0 aromatic carbocycles. The fourth-order valence-corrected chi connectivity index (χ4v) is 2.32. The number of carbonyl (C=O) groups is 1. The molecular formula is C16H25N5O2. The number of hydrogen-bond donors (Lipinski definition) is 1. The topological polar surface area (TPSA) is 85.8 Å². The van der Waals surface area contributed by atoms with Gasteiger partial charge in [0.15, 0.2) is 5.82 Å². The second kappa shape index (κ2) is 6.93. The van der Waals surface area contributed by atoms with Crippen LogP contribution >= 0.6 is 0 Å². The summed E-state index contributed by atoms with van der Waals surface area (Å²) in [7, 11) is 0. The number of carbonyl (C=O) groups excluding carboxylic acids is 1. The maximum absolute atomic E-state index is 12.2. The van der Waals surface area contributed by atoms with Crippen LogP contribution in [0, 0.1) is 26.7 Å². The van der Waals surface area contributed by atoms with Crippen LogP contribution in [0.1, 0.15) is 55.5 Å². The Bertz CT molecular complexity index is 687. The smallest absolute Gasteiger partial charge is 0.248 e. The van der Waals surface area contributed by atoms with Gasteiger partial charge in [0.25, 0.3) is 0 Å². The highest BCUT2D eigenvalue weighted by atomic mass is 16.5. The lowest BCUT2D eigenvalue weighted by Crippen LogP contribution is -2.31. The number of aryl methyl sites for hydroxylation is 1. The first-order valence-electron chi connectivity index (χ1n) is 7.90. The molecule has 0 aliphatic carbocycles. The molecule has 2 aromatic rings. The summed E-state index contributed by atoms with van der Waals surface area (Å²) >= 11 is 0. The Kier molecular flexibility index (Phi) is 5.18. The summed E-state index contributed by atoms with van der Waals surface area (Å²) in [5, 5.41) is 11.2. The lowest BCUT2D eigenvalue weighted by molar-refractivity contribution is -0.122. The fourth-order valence-electron chi connectivity index (χ4n) is 2.32. The minimum atomic E-state index is -0.325. The molecule has 2 heterocycles. The molecule has 0 spiro atoms. The first-order valence-corrected chi connectivity index (χ1v) is 7.90. The summed E-state index contributed by atoms with van der Waals surface area (Å²) in [6.45, 7) is 12.1. The average Bonchev–Trinajstić information content (AvgIpc) is 3.00. The van der Waals surface area contributed by atoms with Gasteiger partial charge in [0.05, 0.1) is 5.69 Å². The Hall–Kier alpha value is -2.18. The van der Waals surface area contributed by atoms with Gasteiger partial charge in [0.2, 0.25) is 11.8 Å². The lowest BCUT2D eigenvalue weighted by atomic mass is 10.1. The van der Waals surface area contributed by atoms with Crippen LogP contribution in [-0.2, 0) is 17.8 Å². The van der Waals surface area contributed by atoms with Crippen molar-refractivity contribution in [2.75, 3.05) is 0 Å². The second-order valence-corrected chi connectivity index (χ2v) is 6.39. The predicted molar refractivity (Wildman–Crippen MR) is 85.8 cm³/mol. The van der Waals surface area contributed by atoms with E-state index in [9.17, 15) is 4.79 Å². The van der Waals surface area contributed by atoms with Crippen molar-refractivity contribution in [3.05, 3.63) is 28.7 Å². The molecule has 7 nitrogen and oxygen atoms in total. The van der Waals surface area contributed by atoms with Crippen LogP contribution in [0.15, 0.2) is 4.52 Å². The number of rotatable bonds is 6. The quantitative estimate of drug-likeness (QED) is 0.882. The fraction of sp³-hybridized carbons (Fsp3) is 0.625. The van der Waals surface area contributed by atoms with E-state index >= 15 is 0 Å². The molecular weight excluding hydrogens is 294 g/mol. The summed E-state index contributed by atoms with van der Waals surface area (Å²) in [6, 6.07) is -0.325. The maximum atomic E-state index is 12.2. The molecule has 2 rings (SSSR count). The summed E-state index contributed by atoms with van der Waals surface area (Å²) in [5.41, 5.74) is 3.06. The highest BCUT2D eigenvalue weighted by Gasteiger charge is 2.18. The number of hydrogen-bond acceptors (Lipinski definition) is 5. The Labute approximate surface area is 136 Å². The van der Waals surface area contributed by atoms with Crippen LogP contribution in [0.2, 0.25) is 0 Å². The third kappa shape index (κ3) is 4.18. The van der Waals surface area contributed by atoms with Gasteiger partial charge < -0.3 is 9.84 Å². The van der Waals surface area contributed by atoms with Crippen LogP contribution in [0.3, 0.4) is 0 Å². The van der Waals surface area contributed by atoms with Crippen molar-refractivity contribution < 1.29 is 9.32 Å². The van der Waals surface area contributed by atoms with E-state index in [0.717, 1.165) is 23.4 Å². The zero-order valence-corrected chi connectivity index (χ0v) is 14.7. The summed E-state index contributed by atoms with van der Waals surface area (Å²) in [6.07, 6.45) is 0.759. The summed E-state index contributed by atoms with van der Waals surface area (Å²) < 4.78 is 6.94. The van der Waals surface area contributed by atoms with Gasteiger partial charge >= 0.3 is 0 Å². The van der Waals surface area contributed by atoms with E-state index in [-0.39, 0.29) is 18.5 Å². The first kappa shape index (κ1) is 17.2. The van der Waals surface area contributed by atoms with E-state index in [1.54, 1.807) is 4.68 Å². The molecule has 0 aliphatic rings. The van der Waals surface area contributed by atoms with Gasteiger partial charge in [-0.25, -0.2) is 0 Å². The number of nitrogens with zero attached hydrogens (tertiary/aromatic N) is 4. The summed E-state index contributed by atoms with van der Waals surface area (Å²) in [4.78, 5) is 16.5. The monoisotopic (exact) mass is 319 g/mol. The van der Waals surface area contributed by atoms with Crippen molar-refractivity contribution in [1.82, 2.24) is 25.2 Å². The molecule has 0 radical (unpaired) electrons. The van der Waals surface area contributed by atoms with Crippen LogP contribution in [0.4, 0.5) is 0 Å². The normalized spacial score (nSPS) is 12.7. The molecule has 23 heavy (non-hydrogen) atoms. The maximum Gasteiger partial charge on any atom is 0.248 e. The summed E-state index contributed by atoms with van der Waals surface area (Å²) in [5.74, 6) is 1.43. The predicted octanol–water partition coefficient (Wildman–Crippen LogP) is 2.27. The average molecular weight is 319 g/mol. The lowest BCUT2D eigenvalue weighted by Gasteiger charge is -2.10. The second-order valence-electron chi connectivity index (χ2n) is 6.39. The number of amides is 1. The standard InChI is InChI=1S/C16H25N5O2/c1-9(2)7-14-18-16(23-20-14)12(5)17-15(22)8-21-13(6)10(3)11(4)19-21/h9,12H,7-8H2,1-6H3,(H,17,22)/t12-/m0/s1. The Balaban J connectivity index is 1.96. The molecule has 0 aliphatic heterocycles. The van der Waals surface area contributed by atoms with Crippen molar-refractivity contribution in [2.45, 2.75) is 60.5 Å². The molecule has 126 valence electrons. The van der Waals surface area contributed by atoms with E-state index in [1.807, 2.05) is 27.7 Å². The third-order valence-electron chi connectivity index (χ3n) is 3.86. The molecule has 0 saturated carbocycles. The van der Waals surface area contributed by atoms with Crippen molar-refractivity contribution >= 4 is 5.91 Å². The molecule has 2 aromatic heterocycles. The molecule has 1 atom stereocenters. The van der Waals surface area contributed by atoms with E-state index < -0.39 is 0 Å². The minimum absolute atomic E-state index is 0.133. The minimum Gasteiger partial charge on any atom is -0.343 e. The van der Waals surface area contributed by atoms with Crippen molar-refractivity contribution in [2.24, 2.45) is 5.92 Å². The van der Waals surface area contributed by atoms with Crippen LogP contribution in [0.5, 0.6) is 0 Å². The molecule has 7 heteroatoms. The molecule has 0 saturated heterocycles. The highest BCUT2D eigenvalue weighted by molar-refractivity contribution is 5.76. The number of nitrogens with one attached hydrogen (secondary N) is 1. The van der Waals surface area contributed by atoms with Gasteiger partial charge in [-0.2, -0.15) is 10.1 Å². The largest absolute Gasteiger partial charge is 0.343 e. The van der Waals surface area contributed by atoms with Gasteiger partial charge in [0.1, 0.15) is 12.6 Å². The zero-order valence-electron chi connectivity index (χ0n) is 14.7. The van der Waals surface area contributed by atoms with E-state index in [2.05, 4.69) is 34.4 Å². The van der Waals surface area contributed by atoms with Crippen molar-refractivity contribution in [1.29, 1.82) is 0 Å². The number of aromatic nitrogens is 4. The third-order valence-corrected chi connectivity index (χ3v) is 3.86. The molecule has 1 amide bonds. The van der Waals surface area contributed by atoms with E-state index in [4.69, 9.17) is 4.52 Å². The van der Waals surface area contributed by atoms with Crippen LogP contribution < -0.4 is 5.32 Å². The Morgan fingerprint density at radius 1 is 1.26 bits per heavy atom. The van der Waals surface area contributed by atoms with Crippen molar-refractivity contribution in [3.63, 3.8) is 0 Å². The highest BCUT2D eigenvalue weighted by Crippen LogP contribution is 2.13. The Morgan fingerprint density at radius 2 is 1.96 bits per heavy atom. The van der Waals surface area contributed by atoms with E-state index in [1.165, 1.54) is 0 Å². The first-order chi connectivity index (χ1) is 10.8. The molecule has 0 bridgehead atoms. The van der Waals surface area contributed by atoms with Gasteiger partial charge in [0, 0.05) is 12.1 Å². The molecule has 0 unspecified atom stereocenters. The van der Waals surface area contributed by atoms with Gasteiger partial charge in [-0.1, -0.05) is 19.0 Å².